The Labute approximate surface area is 186 Å². The van der Waals surface area contributed by atoms with Crippen LogP contribution in [0.1, 0.15) is 29.2 Å². The van der Waals surface area contributed by atoms with E-state index in [0.29, 0.717) is 37.3 Å². The molecule has 0 aliphatic carbocycles. The number of ketones is 1. The van der Waals surface area contributed by atoms with Crippen LogP contribution in [0.15, 0.2) is 54.1 Å². The van der Waals surface area contributed by atoms with Gasteiger partial charge in [-0.15, -0.1) is 0 Å². The Kier molecular flexibility index (Phi) is 6.67. The first-order chi connectivity index (χ1) is 15.5. The molecular weight excluding hydrogens is 411 g/mol. The Morgan fingerprint density at radius 2 is 1.69 bits per heavy atom. The van der Waals surface area contributed by atoms with Crippen molar-refractivity contribution in [1.29, 1.82) is 0 Å². The SMILES string of the molecule is Cc1ccc(/C(O)=C2/C(=O)C(=O)N(CCCN3CCOCC3)C2c2ccc(F)cc2)cc1. The summed E-state index contributed by atoms with van der Waals surface area (Å²) in [7, 11) is 0. The van der Waals surface area contributed by atoms with Crippen LogP contribution in [0.5, 0.6) is 0 Å². The van der Waals surface area contributed by atoms with Gasteiger partial charge in [0.15, 0.2) is 0 Å². The summed E-state index contributed by atoms with van der Waals surface area (Å²) in [5.74, 6) is -1.98. The maximum atomic E-state index is 13.6. The number of aryl methyl sites for hydroxylation is 1. The fourth-order valence-electron chi connectivity index (χ4n) is 4.26. The van der Waals surface area contributed by atoms with Gasteiger partial charge in [0.2, 0.25) is 0 Å². The minimum absolute atomic E-state index is 0.0387. The molecule has 2 aliphatic rings. The van der Waals surface area contributed by atoms with E-state index in [-0.39, 0.29) is 11.3 Å². The van der Waals surface area contributed by atoms with Gasteiger partial charge in [-0.2, -0.15) is 0 Å². The number of aliphatic hydroxyl groups is 1. The average Bonchev–Trinajstić information content (AvgIpc) is 3.05. The molecule has 2 fully saturated rings. The quantitative estimate of drug-likeness (QED) is 0.426. The third-order valence-corrected chi connectivity index (χ3v) is 6.03. The van der Waals surface area contributed by atoms with Gasteiger partial charge in [-0.25, -0.2) is 4.39 Å². The molecule has 2 heterocycles. The van der Waals surface area contributed by atoms with Crippen molar-refractivity contribution in [3.05, 3.63) is 76.6 Å². The Bertz CT molecular complexity index is 1010. The number of benzene rings is 2. The molecule has 32 heavy (non-hydrogen) atoms. The molecule has 6 nitrogen and oxygen atoms in total. The van der Waals surface area contributed by atoms with Crippen molar-refractivity contribution in [1.82, 2.24) is 9.80 Å². The van der Waals surface area contributed by atoms with Gasteiger partial charge in [0.25, 0.3) is 11.7 Å². The molecule has 0 radical (unpaired) electrons. The molecule has 2 aliphatic heterocycles. The predicted octanol–water partition coefficient (Wildman–Crippen LogP) is 3.28. The van der Waals surface area contributed by atoms with Crippen molar-refractivity contribution < 1.29 is 23.8 Å². The van der Waals surface area contributed by atoms with E-state index in [0.717, 1.165) is 25.2 Å². The molecule has 7 heteroatoms. The monoisotopic (exact) mass is 438 g/mol. The van der Waals surface area contributed by atoms with E-state index in [2.05, 4.69) is 4.90 Å². The highest BCUT2D eigenvalue weighted by atomic mass is 19.1. The highest BCUT2D eigenvalue weighted by Gasteiger charge is 2.45. The number of nitrogens with zero attached hydrogens (tertiary/aromatic N) is 2. The maximum absolute atomic E-state index is 13.6. The zero-order valence-electron chi connectivity index (χ0n) is 18.1. The lowest BCUT2D eigenvalue weighted by molar-refractivity contribution is -0.140. The van der Waals surface area contributed by atoms with Crippen LogP contribution in [0.4, 0.5) is 4.39 Å². The Balaban J connectivity index is 1.66. The number of hydrogen-bond donors (Lipinski definition) is 1. The number of aliphatic hydroxyl groups excluding tert-OH is 1. The molecule has 1 N–H and O–H groups in total. The van der Waals surface area contributed by atoms with Crippen LogP contribution in [0, 0.1) is 12.7 Å². The van der Waals surface area contributed by atoms with Gasteiger partial charge in [-0.1, -0.05) is 42.0 Å². The van der Waals surface area contributed by atoms with E-state index in [9.17, 15) is 19.1 Å². The van der Waals surface area contributed by atoms with E-state index < -0.39 is 23.5 Å². The first-order valence-corrected chi connectivity index (χ1v) is 10.9. The van der Waals surface area contributed by atoms with E-state index in [4.69, 9.17) is 4.74 Å². The Morgan fingerprint density at radius 3 is 2.34 bits per heavy atom. The second kappa shape index (κ2) is 9.63. The minimum Gasteiger partial charge on any atom is -0.507 e. The zero-order chi connectivity index (χ0) is 22.7. The lowest BCUT2D eigenvalue weighted by atomic mass is 9.95. The standard InChI is InChI=1S/C25H27FN2O4/c1-17-3-5-19(6-4-17)23(29)21-22(18-7-9-20(26)10-8-18)28(25(31)24(21)30)12-2-11-27-13-15-32-16-14-27/h3-10,22,29H,2,11-16H2,1H3/b23-21-. The summed E-state index contributed by atoms with van der Waals surface area (Å²) in [6, 6.07) is 12.1. The third kappa shape index (κ3) is 4.59. The van der Waals surface area contributed by atoms with E-state index in [1.807, 2.05) is 19.1 Å². The second-order valence-electron chi connectivity index (χ2n) is 8.22. The van der Waals surface area contributed by atoms with Crippen LogP contribution in [0.3, 0.4) is 0 Å². The molecule has 2 aromatic rings. The smallest absolute Gasteiger partial charge is 0.295 e. The van der Waals surface area contributed by atoms with Crippen molar-refractivity contribution in [3.63, 3.8) is 0 Å². The largest absolute Gasteiger partial charge is 0.507 e. The molecule has 4 rings (SSSR count). The van der Waals surface area contributed by atoms with Crippen molar-refractivity contribution in [2.75, 3.05) is 39.4 Å². The summed E-state index contributed by atoms with van der Waals surface area (Å²) >= 11 is 0. The van der Waals surface area contributed by atoms with Crippen LogP contribution < -0.4 is 0 Å². The molecule has 0 bridgehead atoms. The van der Waals surface area contributed by atoms with Crippen LogP contribution in [0.2, 0.25) is 0 Å². The molecular formula is C25H27FN2O4. The van der Waals surface area contributed by atoms with Gasteiger partial charge >= 0.3 is 0 Å². The molecule has 168 valence electrons. The number of rotatable bonds is 6. The van der Waals surface area contributed by atoms with E-state index >= 15 is 0 Å². The number of hydrogen-bond acceptors (Lipinski definition) is 5. The van der Waals surface area contributed by atoms with E-state index in [1.54, 1.807) is 24.3 Å². The van der Waals surface area contributed by atoms with Gasteiger partial charge in [-0.3, -0.25) is 14.5 Å². The molecule has 0 aromatic heterocycles. The molecule has 2 saturated heterocycles. The number of Topliss-reactive ketones (excluding diaryl/α,β-unsaturated/α-hetero) is 1. The summed E-state index contributed by atoms with van der Waals surface area (Å²) in [5.41, 5.74) is 2.11. The van der Waals surface area contributed by atoms with Crippen molar-refractivity contribution in [2.24, 2.45) is 0 Å². The summed E-state index contributed by atoms with van der Waals surface area (Å²) < 4.78 is 18.9. The number of amides is 1. The number of carbonyl (C=O) groups excluding carboxylic acids is 2. The first-order valence-electron chi connectivity index (χ1n) is 10.9. The van der Waals surface area contributed by atoms with Crippen LogP contribution in [-0.2, 0) is 14.3 Å². The molecule has 1 atom stereocenters. The van der Waals surface area contributed by atoms with Crippen molar-refractivity contribution in [2.45, 2.75) is 19.4 Å². The predicted molar refractivity (Wildman–Crippen MR) is 118 cm³/mol. The molecule has 0 spiro atoms. The summed E-state index contributed by atoms with van der Waals surface area (Å²) in [5, 5.41) is 11.0. The lowest BCUT2D eigenvalue weighted by Gasteiger charge is -2.29. The average molecular weight is 438 g/mol. The highest BCUT2D eigenvalue weighted by Crippen LogP contribution is 2.39. The van der Waals surface area contributed by atoms with Gasteiger partial charge < -0.3 is 14.7 Å². The van der Waals surface area contributed by atoms with Gasteiger partial charge in [0.1, 0.15) is 11.6 Å². The number of ether oxygens (including phenoxy) is 1. The highest BCUT2D eigenvalue weighted by molar-refractivity contribution is 6.46. The molecule has 1 amide bonds. The fraction of sp³-hybridized carbons (Fsp3) is 0.360. The summed E-state index contributed by atoms with van der Waals surface area (Å²) in [6.07, 6.45) is 0.676. The lowest BCUT2D eigenvalue weighted by Crippen LogP contribution is -2.38. The molecule has 0 saturated carbocycles. The Morgan fingerprint density at radius 1 is 1.03 bits per heavy atom. The fourth-order valence-corrected chi connectivity index (χ4v) is 4.26. The third-order valence-electron chi connectivity index (χ3n) is 6.03. The number of likely N-dealkylation sites (tertiary alicyclic amines) is 1. The minimum atomic E-state index is -0.762. The van der Waals surface area contributed by atoms with Crippen molar-refractivity contribution in [3.8, 4) is 0 Å². The number of morpholine rings is 1. The zero-order valence-corrected chi connectivity index (χ0v) is 18.1. The topological polar surface area (TPSA) is 70.1 Å². The van der Waals surface area contributed by atoms with Gasteiger partial charge in [-0.05, 0) is 31.0 Å². The molecule has 2 aromatic carbocycles. The maximum Gasteiger partial charge on any atom is 0.295 e. The number of carbonyl (C=O) groups is 2. The Hall–Kier alpha value is -3.03. The number of halogens is 1. The van der Waals surface area contributed by atoms with Crippen LogP contribution >= 0.6 is 0 Å². The van der Waals surface area contributed by atoms with Crippen LogP contribution in [0.25, 0.3) is 5.76 Å². The van der Waals surface area contributed by atoms with Gasteiger partial charge in [0.05, 0.1) is 24.8 Å². The summed E-state index contributed by atoms with van der Waals surface area (Å²) in [6.45, 7) is 6.12. The normalized spacial score (nSPS) is 21.3. The second-order valence-corrected chi connectivity index (χ2v) is 8.22. The molecule has 1 unspecified atom stereocenters. The van der Waals surface area contributed by atoms with Crippen LogP contribution in [-0.4, -0.2) is 66.0 Å². The first kappa shape index (κ1) is 22.2. The van der Waals surface area contributed by atoms with Gasteiger partial charge in [0, 0.05) is 31.7 Å². The van der Waals surface area contributed by atoms with E-state index in [1.165, 1.54) is 17.0 Å². The van der Waals surface area contributed by atoms with Crippen molar-refractivity contribution >= 4 is 17.4 Å². The summed E-state index contributed by atoms with van der Waals surface area (Å²) in [4.78, 5) is 29.7.